The number of rotatable bonds is 6. The smallest absolute Gasteiger partial charge is 0.167 e. The zero-order chi connectivity index (χ0) is 29.8. The molecule has 4 N–H and O–H groups in total. The monoisotopic (exact) mass is 596 g/mol. The van der Waals surface area contributed by atoms with Gasteiger partial charge in [0.2, 0.25) is 0 Å². The molecule has 0 heterocycles. The van der Waals surface area contributed by atoms with Crippen LogP contribution in [-0.4, -0.2) is 0 Å². The van der Waals surface area contributed by atoms with Gasteiger partial charge in [-0.1, -0.05) is 0 Å². The molecule has 0 spiro atoms. The molecule has 4 nitrogen and oxygen atoms in total. The maximum Gasteiger partial charge on any atom is 0.167 e. The second kappa shape index (κ2) is 9.61. The first-order chi connectivity index (χ1) is 21.2. The van der Waals surface area contributed by atoms with Gasteiger partial charge in [-0.15, -0.1) is 0 Å². The van der Waals surface area contributed by atoms with Crippen molar-refractivity contribution in [2.24, 2.45) is 35.5 Å². The van der Waals surface area contributed by atoms with Crippen molar-refractivity contribution in [2.75, 3.05) is 11.5 Å². The molecular weight excluding hydrogens is 554 g/mol. The molecule has 8 bridgehead atoms. The summed E-state index contributed by atoms with van der Waals surface area (Å²) in [6.45, 7) is 0. The van der Waals surface area contributed by atoms with Crippen molar-refractivity contribution in [1.29, 1.82) is 0 Å². The van der Waals surface area contributed by atoms with E-state index in [0.29, 0.717) is 46.9 Å². The quantitative estimate of drug-likeness (QED) is 0.278. The van der Waals surface area contributed by atoms with Crippen molar-refractivity contribution in [1.82, 2.24) is 0 Å². The van der Waals surface area contributed by atoms with Gasteiger partial charge in [-0.25, -0.2) is 8.78 Å². The fraction of sp³-hybridized carbons (Fsp3) is 0.526. The molecule has 8 fully saturated rings. The molecule has 6 heteroatoms. The van der Waals surface area contributed by atoms with Crippen molar-refractivity contribution in [3.8, 4) is 23.0 Å². The topological polar surface area (TPSA) is 70.5 Å². The van der Waals surface area contributed by atoms with E-state index in [4.69, 9.17) is 20.9 Å². The lowest BCUT2D eigenvalue weighted by atomic mass is 9.47. The molecule has 0 saturated heterocycles. The zero-order valence-electron chi connectivity index (χ0n) is 25.3. The Hall–Kier alpha value is -3.28. The Kier molecular flexibility index (Phi) is 5.91. The molecule has 0 aromatic heterocycles. The van der Waals surface area contributed by atoms with Gasteiger partial charge in [0.05, 0.1) is 0 Å². The van der Waals surface area contributed by atoms with Crippen molar-refractivity contribution in [2.45, 2.75) is 87.9 Å². The average Bonchev–Trinajstić information content (AvgIpc) is 2.95. The van der Waals surface area contributed by atoms with Gasteiger partial charge in [0.1, 0.15) is 11.5 Å². The first-order valence-electron chi connectivity index (χ1n) is 16.9. The SMILES string of the molecule is Nc1ccc(Oc2cc(C34CC5CC(CC(C5)C3)C4)c(Oc3ccc(N)cc3F)cc2C23CC4CC(CC(C4)C2)C3)c(F)c1. The molecule has 8 aliphatic rings. The third-order valence-corrected chi connectivity index (χ3v) is 12.7. The Morgan fingerprint density at radius 3 is 1.09 bits per heavy atom. The Morgan fingerprint density at radius 1 is 0.477 bits per heavy atom. The molecule has 0 aliphatic heterocycles. The maximum absolute atomic E-state index is 15.3. The first-order valence-corrected chi connectivity index (χ1v) is 16.9. The lowest BCUT2D eigenvalue weighted by molar-refractivity contribution is -0.00827. The van der Waals surface area contributed by atoms with Crippen LogP contribution in [0.5, 0.6) is 23.0 Å². The van der Waals surface area contributed by atoms with E-state index in [2.05, 4.69) is 12.1 Å². The normalized spacial score (nSPS) is 36.1. The lowest BCUT2D eigenvalue weighted by Crippen LogP contribution is -2.49. The molecule has 0 unspecified atom stereocenters. The molecule has 8 aliphatic carbocycles. The summed E-state index contributed by atoms with van der Waals surface area (Å²) in [5.41, 5.74) is 14.7. The van der Waals surface area contributed by atoms with Crippen LogP contribution in [0.15, 0.2) is 48.5 Å². The standard InChI is InChI=1S/C38H42F2N2O2/c39-31-11-27(41)1-3-33(31)43-35-13-30(38-18-24-8-25(19-38)10-26(9-24)20-38)36(44-34-4-2-28(42)12-32(34)40)14-29(35)37-15-21-5-22(16-37)7-23(6-21)17-37/h1-4,11-14,21-26H,5-10,15-20,41-42H2. The van der Waals surface area contributed by atoms with Gasteiger partial charge in [-0.2, -0.15) is 0 Å². The zero-order valence-corrected chi connectivity index (χ0v) is 25.3. The van der Waals surface area contributed by atoms with E-state index in [0.717, 1.165) is 61.2 Å². The van der Waals surface area contributed by atoms with Crippen LogP contribution < -0.4 is 20.9 Å². The van der Waals surface area contributed by atoms with E-state index in [1.54, 1.807) is 24.3 Å². The number of benzene rings is 3. The summed E-state index contributed by atoms with van der Waals surface area (Å²) < 4.78 is 43.9. The molecule has 8 saturated carbocycles. The highest BCUT2D eigenvalue weighted by molar-refractivity contribution is 5.57. The highest BCUT2D eigenvalue weighted by Gasteiger charge is 2.55. The molecule has 230 valence electrons. The van der Waals surface area contributed by atoms with Crippen LogP contribution in [0.3, 0.4) is 0 Å². The van der Waals surface area contributed by atoms with Crippen molar-refractivity contribution < 1.29 is 18.3 Å². The van der Waals surface area contributed by atoms with Crippen LogP contribution in [-0.2, 0) is 10.8 Å². The predicted octanol–water partition coefficient (Wildman–Crippen LogP) is 9.65. The Labute approximate surface area is 258 Å². The largest absolute Gasteiger partial charge is 0.454 e. The van der Waals surface area contributed by atoms with Crippen LogP contribution in [0.4, 0.5) is 20.2 Å². The van der Waals surface area contributed by atoms with Gasteiger partial charge in [-0.3, -0.25) is 0 Å². The number of nitrogen functional groups attached to an aromatic ring is 2. The summed E-state index contributed by atoms with van der Waals surface area (Å²) in [5.74, 6) is 5.23. The van der Waals surface area contributed by atoms with E-state index in [1.807, 2.05) is 0 Å². The Balaban J connectivity index is 1.24. The van der Waals surface area contributed by atoms with Gasteiger partial charge in [-0.05, 0) is 160 Å². The van der Waals surface area contributed by atoms with Crippen LogP contribution in [0.2, 0.25) is 0 Å². The minimum Gasteiger partial charge on any atom is -0.454 e. The Morgan fingerprint density at radius 2 is 0.795 bits per heavy atom. The maximum atomic E-state index is 15.3. The van der Waals surface area contributed by atoms with E-state index in [-0.39, 0.29) is 22.3 Å². The van der Waals surface area contributed by atoms with Crippen molar-refractivity contribution >= 4 is 11.4 Å². The molecule has 11 rings (SSSR count). The van der Waals surface area contributed by atoms with Gasteiger partial charge in [0, 0.05) is 34.6 Å². The van der Waals surface area contributed by atoms with E-state index in [1.165, 1.54) is 50.7 Å². The fourth-order valence-corrected chi connectivity index (χ4v) is 11.9. The molecule has 3 aromatic carbocycles. The minimum absolute atomic E-state index is 0.0495. The highest BCUT2D eigenvalue weighted by Crippen LogP contribution is 2.65. The number of nitrogens with two attached hydrogens (primary N) is 2. The third-order valence-electron chi connectivity index (χ3n) is 12.7. The average molecular weight is 597 g/mol. The lowest BCUT2D eigenvalue weighted by Gasteiger charge is -2.58. The number of ether oxygens (including phenoxy) is 2. The fourth-order valence-electron chi connectivity index (χ4n) is 11.9. The van der Waals surface area contributed by atoms with Crippen molar-refractivity contribution in [3.63, 3.8) is 0 Å². The molecule has 3 aromatic rings. The molecular formula is C38H42F2N2O2. The number of hydrogen-bond acceptors (Lipinski definition) is 4. The molecule has 0 amide bonds. The summed E-state index contributed by atoms with van der Waals surface area (Å²) in [7, 11) is 0. The van der Waals surface area contributed by atoms with Crippen LogP contribution in [0.1, 0.15) is 88.2 Å². The number of hydrogen-bond donors (Lipinski definition) is 2. The van der Waals surface area contributed by atoms with Crippen LogP contribution >= 0.6 is 0 Å². The van der Waals surface area contributed by atoms with Crippen LogP contribution in [0.25, 0.3) is 0 Å². The number of anilines is 2. The molecule has 0 radical (unpaired) electrons. The summed E-state index contributed by atoms with van der Waals surface area (Å²) in [6.07, 6.45) is 14.6. The first kappa shape index (κ1) is 27.1. The van der Waals surface area contributed by atoms with Gasteiger partial charge in [0.25, 0.3) is 0 Å². The van der Waals surface area contributed by atoms with E-state index >= 15 is 8.78 Å². The van der Waals surface area contributed by atoms with E-state index in [9.17, 15) is 0 Å². The minimum atomic E-state index is -0.456. The highest BCUT2D eigenvalue weighted by atomic mass is 19.1. The van der Waals surface area contributed by atoms with E-state index < -0.39 is 11.6 Å². The molecule has 0 atom stereocenters. The summed E-state index contributed by atoms with van der Waals surface area (Å²) in [4.78, 5) is 0. The summed E-state index contributed by atoms with van der Waals surface area (Å²) in [6, 6.07) is 13.7. The van der Waals surface area contributed by atoms with Crippen LogP contribution in [0, 0.1) is 47.1 Å². The summed E-state index contributed by atoms with van der Waals surface area (Å²) in [5, 5.41) is 0. The second-order valence-electron chi connectivity index (χ2n) is 15.8. The summed E-state index contributed by atoms with van der Waals surface area (Å²) >= 11 is 0. The van der Waals surface area contributed by atoms with Gasteiger partial charge in [0.15, 0.2) is 23.1 Å². The predicted molar refractivity (Wildman–Crippen MR) is 168 cm³/mol. The van der Waals surface area contributed by atoms with Crippen molar-refractivity contribution in [3.05, 3.63) is 71.3 Å². The third kappa shape index (κ3) is 4.34. The van der Waals surface area contributed by atoms with Gasteiger partial charge >= 0.3 is 0 Å². The Bertz CT molecular complexity index is 1460. The van der Waals surface area contributed by atoms with Gasteiger partial charge < -0.3 is 20.9 Å². The number of halogens is 2. The molecule has 44 heavy (non-hydrogen) atoms. The second-order valence-corrected chi connectivity index (χ2v) is 15.8.